The van der Waals surface area contributed by atoms with Gasteiger partial charge in [0.1, 0.15) is 5.58 Å². The zero-order chi connectivity index (χ0) is 22.2. The van der Waals surface area contributed by atoms with Crippen LogP contribution in [0, 0.1) is 20.8 Å². The maximum Gasteiger partial charge on any atom is 0.287 e. The predicted octanol–water partition coefficient (Wildman–Crippen LogP) is 5.69. The molecule has 0 aliphatic rings. The van der Waals surface area contributed by atoms with Gasteiger partial charge in [0.15, 0.2) is 5.76 Å². The summed E-state index contributed by atoms with van der Waals surface area (Å²) in [6, 6.07) is 12.9. The number of rotatable bonds is 5. The van der Waals surface area contributed by atoms with Gasteiger partial charge in [0.2, 0.25) is 0 Å². The van der Waals surface area contributed by atoms with Crippen molar-refractivity contribution in [1.29, 1.82) is 0 Å². The number of hydrogen-bond donors (Lipinski definition) is 1. The SMILES string of the molecule is Cc1cc2oc(C(=O)NCC(c3ccc(C(C)(C)C)cc3)N(C)C)c(C)c2cc1C. The van der Waals surface area contributed by atoms with Crippen LogP contribution in [0.2, 0.25) is 0 Å². The highest BCUT2D eigenvalue weighted by Gasteiger charge is 2.21. The van der Waals surface area contributed by atoms with Crippen molar-refractivity contribution in [2.24, 2.45) is 0 Å². The Bertz CT molecular complexity index is 1050. The van der Waals surface area contributed by atoms with E-state index in [0.29, 0.717) is 12.3 Å². The molecule has 1 N–H and O–H groups in total. The third-order valence-corrected chi connectivity index (χ3v) is 6.00. The van der Waals surface area contributed by atoms with Gasteiger partial charge in [-0.2, -0.15) is 0 Å². The Hall–Kier alpha value is -2.59. The molecular formula is C26H34N2O2. The largest absolute Gasteiger partial charge is 0.451 e. The predicted molar refractivity (Wildman–Crippen MR) is 124 cm³/mol. The molecule has 0 saturated carbocycles. The van der Waals surface area contributed by atoms with Crippen molar-refractivity contribution < 1.29 is 9.21 Å². The van der Waals surface area contributed by atoms with Crippen LogP contribution in [0.1, 0.15) is 65.2 Å². The molecular weight excluding hydrogens is 372 g/mol. The number of carbonyl (C=O) groups is 1. The highest BCUT2D eigenvalue weighted by Crippen LogP contribution is 2.29. The minimum Gasteiger partial charge on any atom is -0.451 e. The third-order valence-electron chi connectivity index (χ3n) is 6.00. The van der Waals surface area contributed by atoms with E-state index in [4.69, 9.17) is 4.42 Å². The summed E-state index contributed by atoms with van der Waals surface area (Å²) in [5.41, 5.74) is 6.62. The number of benzene rings is 2. The number of nitrogens with zero attached hydrogens (tertiary/aromatic N) is 1. The van der Waals surface area contributed by atoms with Gasteiger partial charge in [0.25, 0.3) is 5.91 Å². The number of aryl methyl sites for hydroxylation is 3. The lowest BCUT2D eigenvalue weighted by Gasteiger charge is -2.26. The lowest BCUT2D eigenvalue weighted by Crippen LogP contribution is -2.34. The van der Waals surface area contributed by atoms with Gasteiger partial charge in [-0.3, -0.25) is 4.79 Å². The van der Waals surface area contributed by atoms with Crippen molar-refractivity contribution in [2.45, 2.75) is 53.0 Å². The summed E-state index contributed by atoms with van der Waals surface area (Å²) < 4.78 is 5.92. The maximum atomic E-state index is 12.9. The number of furan rings is 1. The summed E-state index contributed by atoms with van der Waals surface area (Å²) in [6.45, 7) is 13.2. The third kappa shape index (κ3) is 4.44. The van der Waals surface area contributed by atoms with Gasteiger partial charge in [-0.1, -0.05) is 45.0 Å². The second kappa shape index (κ2) is 8.27. The van der Waals surface area contributed by atoms with Gasteiger partial charge < -0.3 is 14.6 Å². The van der Waals surface area contributed by atoms with E-state index in [2.05, 4.69) is 75.2 Å². The van der Waals surface area contributed by atoms with Gasteiger partial charge >= 0.3 is 0 Å². The van der Waals surface area contributed by atoms with Crippen LogP contribution in [-0.2, 0) is 5.41 Å². The number of nitrogens with one attached hydrogen (secondary N) is 1. The van der Waals surface area contributed by atoms with Crippen LogP contribution in [0.25, 0.3) is 11.0 Å². The van der Waals surface area contributed by atoms with E-state index in [1.165, 1.54) is 16.7 Å². The smallest absolute Gasteiger partial charge is 0.287 e. The van der Waals surface area contributed by atoms with Crippen molar-refractivity contribution in [3.63, 3.8) is 0 Å². The number of amides is 1. The van der Waals surface area contributed by atoms with Crippen LogP contribution >= 0.6 is 0 Å². The molecule has 0 radical (unpaired) electrons. The van der Waals surface area contributed by atoms with Gasteiger partial charge in [-0.15, -0.1) is 0 Å². The monoisotopic (exact) mass is 406 g/mol. The number of likely N-dealkylation sites (N-methyl/N-ethyl adjacent to an activating group) is 1. The molecule has 0 aliphatic heterocycles. The van der Waals surface area contributed by atoms with Gasteiger partial charge in [-0.05, 0) is 74.7 Å². The Morgan fingerprint density at radius 1 is 1.03 bits per heavy atom. The van der Waals surface area contributed by atoms with Crippen LogP contribution in [0.15, 0.2) is 40.8 Å². The molecule has 0 bridgehead atoms. The molecule has 0 fully saturated rings. The molecule has 4 nitrogen and oxygen atoms in total. The second-order valence-electron chi connectivity index (χ2n) is 9.55. The Balaban J connectivity index is 1.79. The summed E-state index contributed by atoms with van der Waals surface area (Å²) in [7, 11) is 4.07. The van der Waals surface area contributed by atoms with E-state index in [1.54, 1.807) is 0 Å². The van der Waals surface area contributed by atoms with Gasteiger partial charge in [0, 0.05) is 17.5 Å². The van der Waals surface area contributed by atoms with Crippen LogP contribution in [0.3, 0.4) is 0 Å². The molecule has 1 amide bonds. The first-order valence-corrected chi connectivity index (χ1v) is 10.5. The zero-order valence-corrected chi connectivity index (χ0v) is 19.5. The van der Waals surface area contributed by atoms with E-state index in [0.717, 1.165) is 22.1 Å². The standard InChI is InChI=1S/C26H34N2O2/c1-16-13-21-18(3)24(30-23(21)14-17(16)2)25(29)27-15-22(28(7)8)19-9-11-20(12-10-19)26(4,5)6/h9-14,22H,15H2,1-8H3,(H,27,29). The van der Waals surface area contributed by atoms with E-state index in [9.17, 15) is 4.79 Å². The topological polar surface area (TPSA) is 45.5 Å². The molecule has 1 atom stereocenters. The van der Waals surface area contributed by atoms with Crippen LogP contribution in [0.4, 0.5) is 0 Å². The van der Waals surface area contributed by atoms with E-state index < -0.39 is 0 Å². The maximum absolute atomic E-state index is 12.9. The average Bonchev–Trinajstić information content (AvgIpc) is 2.97. The fourth-order valence-electron chi connectivity index (χ4n) is 3.77. The summed E-state index contributed by atoms with van der Waals surface area (Å²) in [5, 5.41) is 4.09. The normalized spacial score (nSPS) is 13.1. The van der Waals surface area contributed by atoms with Gasteiger partial charge in [0.05, 0.1) is 6.04 Å². The zero-order valence-electron chi connectivity index (χ0n) is 19.5. The highest BCUT2D eigenvalue weighted by atomic mass is 16.3. The quantitative estimate of drug-likeness (QED) is 0.592. The first kappa shape index (κ1) is 22.1. The first-order chi connectivity index (χ1) is 14.0. The van der Waals surface area contributed by atoms with Crippen molar-refractivity contribution in [1.82, 2.24) is 10.2 Å². The number of hydrogen-bond acceptors (Lipinski definition) is 3. The minimum atomic E-state index is -0.169. The Kier molecular flexibility index (Phi) is 6.09. The molecule has 30 heavy (non-hydrogen) atoms. The minimum absolute atomic E-state index is 0.0807. The van der Waals surface area contributed by atoms with Gasteiger partial charge in [-0.25, -0.2) is 0 Å². The molecule has 0 spiro atoms. The molecule has 3 rings (SSSR count). The lowest BCUT2D eigenvalue weighted by atomic mass is 9.86. The second-order valence-corrected chi connectivity index (χ2v) is 9.55. The Morgan fingerprint density at radius 3 is 2.20 bits per heavy atom. The fourth-order valence-corrected chi connectivity index (χ4v) is 3.77. The molecule has 1 heterocycles. The summed E-state index contributed by atoms with van der Waals surface area (Å²) in [4.78, 5) is 15.1. The Morgan fingerprint density at radius 2 is 1.63 bits per heavy atom. The fraction of sp³-hybridized carbons (Fsp3) is 0.423. The van der Waals surface area contributed by atoms with Crippen molar-refractivity contribution in [3.8, 4) is 0 Å². The van der Waals surface area contributed by atoms with Crippen molar-refractivity contribution in [2.75, 3.05) is 20.6 Å². The van der Waals surface area contributed by atoms with Crippen LogP contribution < -0.4 is 5.32 Å². The van der Waals surface area contributed by atoms with E-state index >= 15 is 0 Å². The molecule has 1 unspecified atom stereocenters. The average molecular weight is 407 g/mol. The number of carbonyl (C=O) groups excluding carboxylic acids is 1. The van der Waals surface area contributed by atoms with E-state index in [1.807, 2.05) is 27.1 Å². The molecule has 4 heteroatoms. The highest BCUT2D eigenvalue weighted by molar-refractivity contribution is 5.99. The Labute approximate surface area is 180 Å². The summed E-state index contributed by atoms with van der Waals surface area (Å²) in [5.74, 6) is 0.229. The molecule has 1 aromatic heterocycles. The van der Waals surface area contributed by atoms with Crippen molar-refractivity contribution in [3.05, 3.63) is 70.0 Å². The first-order valence-electron chi connectivity index (χ1n) is 10.5. The lowest BCUT2D eigenvalue weighted by molar-refractivity contribution is 0.0915. The molecule has 160 valence electrons. The van der Waals surface area contributed by atoms with E-state index in [-0.39, 0.29) is 17.4 Å². The number of fused-ring (bicyclic) bond motifs is 1. The summed E-state index contributed by atoms with van der Waals surface area (Å²) in [6.07, 6.45) is 0. The van der Waals surface area contributed by atoms with Crippen LogP contribution in [-0.4, -0.2) is 31.4 Å². The van der Waals surface area contributed by atoms with Crippen LogP contribution in [0.5, 0.6) is 0 Å². The summed E-state index contributed by atoms with van der Waals surface area (Å²) >= 11 is 0. The molecule has 0 aliphatic carbocycles. The molecule has 2 aromatic carbocycles. The van der Waals surface area contributed by atoms with Crippen molar-refractivity contribution >= 4 is 16.9 Å². The molecule has 0 saturated heterocycles. The molecule has 3 aromatic rings.